The molecular formula is C40H52N6O15. The Kier molecular flexibility index (Phi) is 18.6. The van der Waals surface area contributed by atoms with E-state index >= 15 is 0 Å². The summed E-state index contributed by atoms with van der Waals surface area (Å²) in [7, 11) is 0. The van der Waals surface area contributed by atoms with Crippen molar-refractivity contribution >= 4 is 53.4 Å². The number of esters is 3. The first-order valence-corrected chi connectivity index (χ1v) is 19.2. The van der Waals surface area contributed by atoms with Gasteiger partial charge in [0.1, 0.15) is 17.8 Å². The van der Waals surface area contributed by atoms with E-state index in [0.717, 1.165) is 20.8 Å². The summed E-state index contributed by atoms with van der Waals surface area (Å²) in [6.45, 7) is 5.27. The SMILES string of the molecule is CC(=O)O[C@@H]1[C@@H](OC(C)=O)[C@H](NC(=O)[C@@H](CC(C)C)NC(=O)[C@@H](Cc2ccccc2)NC(=O)CNC(=O)CNC(=O)[C@H](N)Cc2ccc(O)cc2)O[C@H](C(=O)O)[C@H]1OC(C)=O. The molecule has 21 heteroatoms. The van der Waals surface area contributed by atoms with Gasteiger partial charge in [0.25, 0.3) is 0 Å². The van der Waals surface area contributed by atoms with Crippen LogP contribution < -0.4 is 32.3 Å². The van der Waals surface area contributed by atoms with Gasteiger partial charge in [-0.1, -0.05) is 56.3 Å². The van der Waals surface area contributed by atoms with Crippen molar-refractivity contribution in [3.63, 3.8) is 0 Å². The zero-order valence-corrected chi connectivity index (χ0v) is 34.2. The van der Waals surface area contributed by atoms with Crippen molar-refractivity contribution in [3.05, 3.63) is 65.7 Å². The largest absolute Gasteiger partial charge is 0.508 e. The third kappa shape index (κ3) is 16.2. The molecule has 332 valence electrons. The molecule has 0 unspecified atom stereocenters. The number of aromatic hydroxyl groups is 1. The molecule has 9 N–H and O–H groups in total. The molecule has 0 aromatic heterocycles. The van der Waals surface area contributed by atoms with Crippen LogP contribution in [0.25, 0.3) is 0 Å². The van der Waals surface area contributed by atoms with E-state index in [0.29, 0.717) is 11.1 Å². The summed E-state index contributed by atoms with van der Waals surface area (Å²) < 4.78 is 21.3. The highest BCUT2D eigenvalue weighted by Crippen LogP contribution is 2.28. The van der Waals surface area contributed by atoms with Crippen LogP contribution in [0.3, 0.4) is 0 Å². The minimum Gasteiger partial charge on any atom is -0.508 e. The molecule has 3 rings (SSSR count). The zero-order chi connectivity index (χ0) is 45.4. The lowest BCUT2D eigenvalue weighted by Crippen LogP contribution is -2.68. The lowest BCUT2D eigenvalue weighted by Gasteiger charge is -2.43. The number of amides is 5. The average Bonchev–Trinajstić information content (AvgIpc) is 3.18. The molecule has 0 aliphatic carbocycles. The summed E-state index contributed by atoms with van der Waals surface area (Å²) in [6.07, 6.45) is -9.11. The molecule has 2 aromatic carbocycles. The van der Waals surface area contributed by atoms with Gasteiger partial charge in [0, 0.05) is 27.2 Å². The average molecular weight is 857 g/mol. The Morgan fingerprint density at radius 2 is 1.23 bits per heavy atom. The van der Waals surface area contributed by atoms with E-state index in [4.69, 9.17) is 24.7 Å². The van der Waals surface area contributed by atoms with Gasteiger partial charge in [0.15, 0.2) is 30.6 Å². The highest BCUT2D eigenvalue weighted by atomic mass is 16.7. The van der Waals surface area contributed by atoms with E-state index < -0.39 is 115 Å². The molecule has 21 nitrogen and oxygen atoms in total. The van der Waals surface area contributed by atoms with E-state index in [1.165, 1.54) is 12.1 Å². The molecule has 1 aliphatic rings. The predicted octanol–water partition coefficient (Wildman–Crippen LogP) is -1.53. The van der Waals surface area contributed by atoms with Gasteiger partial charge in [0.05, 0.1) is 19.1 Å². The van der Waals surface area contributed by atoms with E-state index in [1.54, 1.807) is 56.3 Å². The number of nitrogens with one attached hydrogen (secondary N) is 5. The number of benzene rings is 2. The maximum Gasteiger partial charge on any atom is 0.337 e. The molecular weight excluding hydrogens is 804 g/mol. The van der Waals surface area contributed by atoms with Gasteiger partial charge < -0.3 is 61.5 Å². The topological polar surface area (TPSA) is 317 Å². The lowest BCUT2D eigenvalue weighted by molar-refractivity contribution is -0.252. The highest BCUT2D eigenvalue weighted by molar-refractivity contribution is 5.94. The molecule has 0 spiro atoms. The third-order valence-corrected chi connectivity index (χ3v) is 8.84. The van der Waals surface area contributed by atoms with Crippen molar-refractivity contribution in [1.82, 2.24) is 26.6 Å². The number of nitrogens with two attached hydrogens (primary N) is 1. The number of rotatable bonds is 20. The molecule has 5 amide bonds. The van der Waals surface area contributed by atoms with Crippen LogP contribution in [-0.2, 0) is 74.9 Å². The first-order valence-electron chi connectivity index (χ1n) is 19.2. The second-order valence-corrected chi connectivity index (χ2v) is 14.5. The van der Waals surface area contributed by atoms with Crippen molar-refractivity contribution in [2.75, 3.05) is 13.1 Å². The van der Waals surface area contributed by atoms with Crippen LogP contribution in [0.1, 0.15) is 52.2 Å². The minimum absolute atomic E-state index is 0.0132. The third-order valence-electron chi connectivity index (χ3n) is 8.84. The molecule has 8 atom stereocenters. The number of carboxylic acid groups (broad SMARTS) is 1. The number of hydrogen-bond donors (Lipinski definition) is 8. The molecule has 2 aromatic rings. The van der Waals surface area contributed by atoms with E-state index in [2.05, 4.69) is 26.6 Å². The summed E-state index contributed by atoms with van der Waals surface area (Å²) >= 11 is 0. The fourth-order valence-electron chi connectivity index (χ4n) is 6.16. The Morgan fingerprint density at radius 1 is 0.672 bits per heavy atom. The smallest absolute Gasteiger partial charge is 0.337 e. The van der Waals surface area contributed by atoms with Crippen molar-refractivity contribution in [2.45, 2.75) is 103 Å². The second kappa shape index (κ2) is 23.3. The number of phenolic OH excluding ortho intramolecular Hbond substituents is 1. The Balaban J connectivity index is 1.75. The van der Waals surface area contributed by atoms with Gasteiger partial charge in [0.2, 0.25) is 29.5 Å². The van der Waals surface area contributed by atoms with Gasteiger partial charge in [-0.15, -0.1) is 0 Å². The second-order valence-electron chi connectivity index (χ2n) is 14.5. The molecule has 61 heavy (non-hydrogen) atoms. The molecule has 1 aliphatic heterocycles. The Hall–Kier alpha value is -6.61. The van der Waals surface area contributed by atoms with Gasteiger partial charge in [-0.2, -0.15) is 0 Å². The van der Waals surface area contributed by atoms with Crippen molar-refractivity contribution in [2.24, 2.45) is 11.7 Å². The maximum atomic E-state index is 13.9. The lowest BCUT2D eigenvalue weighted by atomic mass is 9.96. The van der Waals surface area contributed by atoms with Gasteiger partial charge >= 0.3 is 23.9 Å². The van der Waals surface area contributed by atoms with Gasteiger partial charge in [-0.3, -0.25) is 38.4 Å². The van der Waals surface area contributed by atoms with Crippen LogP contribution in [0.5, 0.6) is 5.75 Å². The predicted molar refractivity (Wildman–Crippen MR) is 210 cm³/mol. The summed E-state index contributed by atoms with van der Waals surface area (Å²) in [5.74, 6) is -8.76. The van der Waals surface area contributed by atoms with Crippen LogP contribution >= 0.6 is 0 Å². The summed E-state index contributed by atoms with van der Waals surface area (Å²) in [5, 5.41) is 31.7. The molecule has 1 heterocycles. The van der Waals surface area contributed by atoms with Crippen molar-refractivity contribution < 1.29 is 72.3 Å². The van der Waals surface area contributed by atoms with Crippen molar-refractivity contribution in [1.29, 1.82) is 0 Å². The first-order chi connectivity index (χ1) is 28.7. The van der Waals surface area contributed by atoms with E-state index in [1.807, 2.05) is 0 Å². The van der Waals surface area contributed by atoms with Gasteiger partial charge in [-0.25, -0.2) is 4.79 Å². The first kappa shape index (κ1) is 48.8. The van der Waals surface area contributed by atoms with E-state index in [-0.39, 0.29) is 30.9 Å². The normalized spacial score (nSPS) is 19.8. The minimum atomic E-state index is -2.03. The molecule has 1 fully saturated rings. The van der Waals surface area contributed by atoms with E-state index in [9.17, 15) is 53.4 Å². The number of carbonyl (C=O) groups is 9. The summed E-state index contributed by atoms with van der Waals surface area (Å²) in [4.78, 5) is 114. The van der Waals surface area contributed by atoms with Crippen LogP contribution in [0.2, 0.25) is 0 Å². The van der Waals surface area contributed by atoms with Crippen LogP contribution in [0.4, 0.5) is 0 Å². The number of hydrogen-bond acceptors (Lipinski definition) is 15. The maximum absolute atomic E-state index is 13.9. The van der Waals surface area contributed by atoms with Crippen LogP contribution in [0.15, 0.2) is 54.6 Å². The quantitative estimate of drug-likeness (QED) is 0.0554. The fourth-order valence-corrected chi connectivity index (χ4v) is 6.16. The summed E-state index contributed by atoms with van der Waals surface area (Å²) in [5.41, 5.74) is 7.23. The summed E-state index contributed by atoms with van der Waals surface area (Å²) in [6, 6.07) is 10.9. The number of aliphatic carboxylic acids is 1. The molecule has 0 bridgehead atoms. The Labute approximate surface area is 350 Å². The van der Waals surface area contributed by atoms with Crippen LogP contribution in [0, 0.1) is 5.92 Å². The number of phenols is 1. The highest BCUT2D eigenvalue weighted by Gasteiger charge is 2.55. The molecule has 0 radical (unpaired) electrons. The fraction of sp³-hybridized carbons (Fsp3) is 0.475. The number of carbonyl (C=O) groups excluding carboxylic acids is 8. The number of carboxylic acids is 1. The van der Waals surface area contributed by atoms with Gasteiger partial charge in [-0.05, 0) is 42.0 Å². The van der Waals surface area contributed by atoms with Crippen molar-refractivity contribution in [3.8, 4) is 5.75 Å². The number of ether oxygens (including phenoxy) is 4. The Morgan fingerprint density at radius 3 is 1.80 bits per heavy atom. The zero-order valence-electron chi connectivity index (χ0n) is 34.2. The molecule has 0 saturated carbocycles. The Bertz CT molecular complexity index is 1890. The standard InChI is InChI=1S/C40H52N6O15/c1-20(2)15-28(38(55)46-39-34(60-23(5)49)32(58-21(3)47)33(59-22(4)48)35(61-39)40(56)57)45-37(54)29(17-24-9-7-6-8-10-24)44-31(52)19-42-30(51)18-43-36(53)27(41)16-25-11-13-26(50)14-12-25/h6-14,20,27-29,32-35,39,50H,15-19,41H2,1-5H3,(H,42,51)(H,43,53)(H,44,52)(H,45,54)(H,46,55)(H,56,57)/t27-,28-,29-,32+,33+,34-,35+,39-/m1/s1. The monoisotopic (exact) mass is 856 g/mol. The van der Waals surface area contributed by atoms with Crippen LogP contribution in [-0.4, -0.2) is 125 Å². The molecule has 1 saturated heterocycles.